The molecule has 1 aromatic heterocycles. The van der Waals surface area contributed by atoms with E-state index in [2.05, 4.69) is 11.1 Å². The fourth-order valence-corrected chi connectivity index (χ4v) is 3.76. The molecule has 29 heavy (non-hydrogen) atoms. The van der Waals surface area contributed by atoms with Crippen molar-refractivity contribution in [3.8, 4) is 22.9 Å². The molecule has 0 aliphatic heterocycles. The van der Waals surface area contributed by atoms with Crippen LogP contribution in [0, 0.1) is 11.3 Å². The highest BCUT2D eigenvalue weighted by atomic mass is 19.4. The van der Waals surface area contributed by atoms with E-state index in [4.69, 9.17) is 15.2 Å². The van der Waals surface area contributed by atoms with E-state index in [1.165, 1.54) is 7.11 Å². The van der Waals surface area contributed by atoms with Crippen LogP contribution < -0.4 is 15.5 Å². The van der Waals surface area contributed by atoms with Crippen LogP contribution in [-0.2, 0) is 24.2 Å². The zero-order chi connectivity index (χ0) is 21.0. The molecule has 0 saturated heterocycles. The molecule has 1 heterocycles. The van der Waals surface area contributed by atoms with Crippen LogP contribution >= 0.6 is 0 Å². The highest BCUT2D eigenvalue weighted by Crippen LogP contribution is 2.36. The van der Waals surface area contributed by atoms with E-state index in [0.29, 0.717) is 28.3 Å². The van der Waals surface area contributed by atoms with Gasteiger partial charge in [-0.2, -0.15) is 18.4 Å². The maximum absolute atomic E-state index is 12.4. The van der Waals surface area contributed by atoms with E-state index < -0.39 is 12.8 Å². The molecule has 1 aliphatic rings. The van der Waals surface area contributed by atoms with Crippen molar-refractivity contribution in [3.05, 3.63) is 40.6 Å². The molecular formula is C21H23F3N3O2+. The van der Waals surface area contributed by atoms with Gasteiger partial charge in [0.25, 0.3) is 5.82 Å². The molecule has 3 rings (SSSR count). The van der Waals surface area contributed by atoms with E-state index in [0.717, 1.165) is 48.9 Å². The first-order chi connectivity index (χ1) is 13.8. The third-order valence-electron chi connectivity index (χ3n) is 5.03. The lowest BCUT2D eigenvalue weighted by atomic mass is 9.91. The number of methoxy groups -OCH3 is 1. The van der Waals surface area contributed by atoms with Crippen molar-refractivity contribution in [1.82, 2.24) is 0 Å². The van der Waals surface area contributed by atoms with Gasteiger partial charge in [0.2, 0.25) is 0 Å². The summed E-state index contributed by atoms with van der Waals surface area (Å²) in [5, 5.41) is 9.71. The Balaban J connectivity index is 2.07. The van der Waals surface area contributed by atoms with Crippen molar-refractivity contribution >= 4 is 5.82 Å². The summed E-state index contributed by atoms with van der Waals surface area (Å²) in [5.74, 6) is 0.727. The number of ether oxygens (including phenoxy) is 2. The number of alkyl halides is 3. The Morgan fingerprint density at radius 2 is 1.97 bits per heavy atom. The second-order valence-electron chi connectivity index (χ2n) is 7.05. The molecule has 1 aliphatic carbocycles. The number of benzene rings is 1. The monoisotopic (exact) mass is 406 g/mol. The van der Waals surface area contributed by atoms with Crippen LogP contribution in [0.2, 0.25) is 0 Å². The molecule has 0 amide bonds. The number of nitrogen functional groups attached to an aromatic ring is 1. The number of anilines is 1. The van der Waals surface area contributed by atoms with Crippen LogP contribution in [0.15, 0.2) is 18.2 Å². The average molecular weight is 406 g/mol. The van der Waals surface area contributed by atoms with Crippen molar-refractivity contribution in [3.63, 3.8) is 0 Å². The average Bonchev–Trinajstić information content (AvgIpc) is 2.91. The first kappa shape index (κ1) is 20.9. The summed E-state index contributed by atoms with van der Waals surface area (Å²) in [6.45, 7) is -1.60. The van der Waals surface area contributed by atoms with E-state index in [-0.39, 0.29) is 6.61 Å². The SMILES string of the molecule is COc1ccc(-c2c(C#N)c(N)[nH+]c3c2CCCCC3)cc1COCC(F)(F)F. The molecule has 0 atom stereocenters. The zero-order valence-electron chi connectivity index (χ0n) is 16.2. The standard InChI is InChI=1S/C21H22F3N3O2/c1-28-18-8-7-13(9-14(18)11-29-12-21(22,23)24)19-15-5-3-2-4-6-17(15)27-20(26)16(19)10-25/h7-9H,2-6,11-12H2,1H3,(H2,26,27)/p+1. The van der Waals surface area contributed by atoms with Crippen LogP contribution in [0.25, 0.3) is 11.1 Å². The van der Waals surface area contributed by atoms with Crippen molar-refractivity contribution in [2.75, 3.05) is 19.5 Å². The minimum absolute atomic E-state index is 0.255. The number of rotatable bonds is 5. The van der Waals surface area contributed by atoms with Gasteiger partial charge in [-0.25, -0.2) is 4.98 Å². The largest absolute Gasteiger partial charge is 0.496 e. The van der Waals surface area contributed by atoms with Gasteiger partial charge in [-0.3, -0.25) is 5.73 Å². The first-order valence-corrected chi connectivity index (χ1v) is 9.42. The molecule has 0 unspecified atom stereocenters. The Labute approximate surface area is 167 Å². The van der Waals surface area contributed by atoms with Crippen molar-refractivity contribution in [2.24, 2.45) is 0 Å². The highest BCUT2D eigenvalue weighted by molar-refractivity contribution is 5.78. The highest BCUT2D eigenvalue weighted by Gasteiger charge is 2.28. The Hall–Kier alpha value is -2.79. The summed E-state index contributed by atoms with van der Waals surface area (Å²) in [5.41, 5.74) is 10.4. The summed E-state index contributed by atoms with van der Waals surface area (Å²) < 4.78 is 47.4. The third kappa shape index (κ3) is 4.80. The number of fused-ring (bicyclic) bond motifs is 1. The molecule has 2 aromatic rings. The molecule has 0 spiro atoms. The van der Waals surface area contributed by atoms with Crippen LogP contribution in [0.1, 0.15) is 41.6 Å². The van der Waals surface area contributed by atoms with Crippen LogP contribution in [0.5, 0.6) is 5.75 Å². The van der Waals surface area contributed by atoms with Gasteiger partial charge in [0.1, 0.15) is 29.7 Å². The van der Waals surface area contributed by atoms with Gasteiger partial charge in [0.15, 0.2) is 0 Å². The second-order valence-corrected chi connectivity index (χ2v) is 7.05. The number of aromatic nitrogens is 1. The molecule has 5 nitrogen and oxygen atoms in total. The lowest BCUT2D eigenvalue weighted by molar-refractivity contribution is -0.373. The normalized spacial score (nSPS) is 14.0. The minimum atomic E-state index is -4.40. The van der Waals surface area contributed by atoms with Gasteiger partial charge in [0.05, 0.1) is 13.7 Å². The number of nitriles is 1. The van der Waals surface area contributed by atoms with E-state index >= 15 is 0 Å². The maximum atomic E-state index is 12.4. The zero-order valence-corrected chi connectivity index (χ0v) is 16.2. The van der Waals surface area contributed by atoms with Gasteiger partial charge < -0.3 is 9.47 Å². The van der Waals surface area contributed by atoms with Crippen molar-refractivity contribution in [2.45, 2.75) is 44.9 Å². The molecule has 0 saturated carbocycles. The topological polar surface area (TPSA) is 82.4 Å². The van der Waals surface area contributed by atoms with Gasteiger partial charge in [-0.15, -0.1) is 0 Å². The van der Waals surface area contributed by atoms with Crippen molar-refractivity contribution < 1.29 is 27.6 Å². The van der Waals surface area contributed by atoms with E-state index in [1.54, 1.807) is 18.2 Å². The third-order valence-corrected chi connectivity index (χ3v) is 5.03. The number of nitrogens with zero attached hydrogens (tertiary/aromatic N) is 1. The van der Waals surface area contributed by atoms with Gasteiger partial charge in [0, 0.05) is 23.1 Å². The van der Waals surface area contributed by atoms with E-state index in [1.807, 2.05) is 0 Å². The lowest BCUT2D eigenvalue weighted by Crippen LogP contribution is -2.22. The number of aromatic amines is 1. The molecule has 0 radical (unpaired) electrons. The molecule has 1 aromatic carbocycles. The number of pyridine rings is 1. The number of hydrogen-bond donors (Lipinski definition) is 1. The molecule has 0 fully saturated rings. The van der Waals surface area contributed by atoms with Gasteiger partial charge in [-0.1, -0.05) is 12.5 Å². The summed E-state index contributed by atoms with van der Waals surface area (Å²) >= 11 is 0. The molecule has 154 valence electrons. The predicted octanol–water partition coefficient (Wildman–Crippen LogP) is 3.98. The lowest BCUT2D eigenvalue weighted by Gasteiger charge is -2.16. The fraction of sp³-hybridized carbons (Fsp3) is 0.429. The fourth-order valence-electron chi connectivity index (χ4n) is 3.76. The van der Waals surface area contributed by atoms with Gasteiger partial charge in [-0.05, 0) is 37.0 Å². The van der Waals surface area contributed by atoms with Crippen molar-refractivity contribution in [1.29, 1.82) is 5.26 Å². The second kappa shape index (κ2) is 8.70. The number of aryl methyl sites for hydroxylation is 1. The molecular weight excluding hydrogens is 383 g/mol. The Bertz CT molecular complexity index is 936. The number of nitrogens with two attached hydrogens (primary N) is 1. The smallest absolute Gasteiger partial charge is 0.411 e. The molecule has 0 bridgehead atoms. The summed E-state index contributed by atoms with van der Waals surface area (Å²) in [6.07, 6.45) is 0.370. The molecule has 3 N–H and O–H groups in total. The summed E-state index contributed by atoms with van der Waals surface area (Å²) in [4.78, 5) is 3.17. The maximum Gasteiger partial charge on any atom is 0.411 e. The quantitative estimate of drug-likeness (QED) is 0.762. The number of hydrogen-bond acceptors (Lipinski definition) is 4. The molecule has 8 heteroatoms. The number of halogens is 3. The van der Waals surface area contributed by atoms with Gasteiger partial charge >= 0.3 is 6.18 Å². The van der Waals surface area contributed by atoms with Crippen LogP contribution in [-0.4, -0.2) is 19.9 Å². The number of nitrogens with one attached hydrogen (secondary N) is 1. The van der Waals surface area contributed by atoms with Crippen LogP contribution in [0.4, 0.5) is 19.0 Å². The van der Waals surface area contributed by atoms with E-state index in [9.17, 15) is 18.4 Å². The first-order valence-electron chi connectivity index (χ1n) is 9.42. The number of H-pyrrole nitrogens is 1. The Kier molecular flexibility index (Phi) is 6.28. The summed E-state index contributed by atoms with van der Waals surface area (Å²) in [7, 11) is 1.45. The Morgan fingerprint density at radius 3 is 2.66 bits per heavy atom. The Morgan fingerprint density at radius 1 is 1.21 bits per heavy atom. The predicted molar refractivity (Wildman–Crippen MR) is 101 cm³/mol. The summed E-state index contributed by atoms with van der Waals surface area (Å²) in [6, 6.07) is 7.37. The van der Waals surface area contributed by atoms with Crippen LogP contribution in [0.3, 0.4) is 0 Å². The minimum Gasteiger partial charge on any atom is -0.496 e.